The fraction of sp³-hybridized carbons (Fsp3) is 0.167. The number of hydrogen-bond acceptors (Lipinski definition) is 7. The zero-order valence-corrected chi connectivity index (χ0v) is 16.1. The van der Waals surface area contributed by atoms with Crippen LogP contribution in [0.5, 0.6) is 0 Å². The van der Waals surface area contributed by atoms with Crippen LogP contribution in [0, 0.1) is 10.1 Å². The maximum Gasteiger partial charge on any atom is 0.270 e. The smallest absolute Gasteiger partial charge is 0.270 e. The molecule has 27 heavy (non-hydrogen) atoms. The molecule has 0 aliphatic heterocycles. The van der Waals surface area contributed by atoms with E-state index < -0.39 is 10.2 Å². The van der Waals surface area contributed by atoms with Crippen LogP contribution in [0.4, 0.5) is 11.4 Å². The van der Waals surface area contributed by atoms with E-state index in [1.807, 2.05) is 0 Å². The molecule has 0 saturated carbocycles. The Balaban J connectivity index is 1.67. The molecule has 0 aliphatic carbocycles. The molecule has 1 atom stereocenters. The van der Waals surface area contributed by atoms with Gasteiger partial charge in [-0.25, -0.2) is 4.98 Å². The highest BCUT2D eigenvalue weighted by atomic mass is 32.2. The van der Waals surface area contributed by atoms with Gasteiger partial charge in [0, 0.05) is 23.4 Å². The number of ketones is 1. The number of benzene rings is 2. The second kappa shape index (κ2) is 7.85. The highest BCUT2D eigenvalue weighted by Crippen LogP contribution is 2.34. The monoisotopic (exact) mass is 401 g/mol. The molecular formula is C18H15N3O4S2. The molecular weight excluding hydrogens is 386 g/mol. The Kier molecular flexibility index (Phi) is 5.52. The number of nitro benzene ring substituents is 1. The summed E-state index contributed by atoms with van der Waals surface area (Å²) in [6, 6.07) is 11.2. The Labute approximate surface area is 163 Å². The molecule has 0 aliphatic rings. The lowest BCUT2D eigenvalue weighted by Gasteiger charge is -2.10. The maximum absolute atomic E-state index is 12.4. The molecule has 2 aromatic carbocycles. The van der Waals surface area contributed by atoms with Crippen LogP contribution in [0.1, 0.15) is 24.2 Å². The van der Waals surface area contributed by atoms with Crippen LogP contribution in [0.3, 0.4) is 0 Å². The molecule has 0 fully saturated rings. The third-order valence-corrected chi connectivity index (χ3v) is 5.98. The minimum atomic E-state index is -0.445. The van der Waals surface area contributed by atoms with E-state index in [2.05, 4.69) is 10.3 Å². The van der Waals surface area contributed by atoms with Crippen LogP contribution in [-0.2, 0) is 4.79 Å². The molecule has 0 spiro atoms. The van der Waals surface area contributed by atoms with E-state index in [0.717, 1.165) is 0 Å². The van der Waals surface area contributed by atoms with Gasteiger partial charge in [-0.05, 0) is 44.2 Å². The van der Waals surface area contributed by atoms with Gasteiger partial charge in [0.2, 0.25) is 5.91 Å². The lowest BCUT2D eigenvalue weighted by molar-refractivity contribution is -0.384. The van der Waals surface area contributed by atoms with E-state index in [-0.39, 0.29) is 17.4 Å². The van der Waals surface area contributed by atoms with Gasteiger partial charge in [-0.15, -0.1) is 11.3 Å². The van der Waals surface area contributed by atoms with Crippen molar-refractivity contribution >= 4 is 56.4 Å². The molecule has 0 radical (unpaired) electrons. The lowest BCUT2D eigenvalue weighted by Crippen LogP contribution is -2.22. The molecule has 1 heterocycles. The molecule has 7 nitrogen and oxygen atoms in total. The average molecular weight is 401 g/mol. The second-order valence-electron chi connectivity index (χ2n) is 5.77. The van der Waals surface area contributed by atoms with Crippen molar-refractivity contribution in [3.05, 3.63) is 58.1 Å². The maximum atomic E-state index is 12.4. The van der Waals surface area contributed by atoms with Gasteiger partial charge in [0.05, 0.1) is 20.4 Å². The Morgan fingerprint density at radius 1 is 1.22 bits per heavy atom. The fourth-order valence-electron chi connectivity index (χ4n) is 2.29. The van der Waals surface area contributed by atoms with Crippen LogP contribution in [0.25, 0.3) is 10.2 Å². The number of Topliss-reactive ketones (excluding diaryl/α,β-unsaturated/α-hetero) is 1. The van der Waals surface area contributed by atoms with E-state index in [0.29, 0.717) is 25.8 Å². The lowest BCUT2D eigenvalue weighted by atomic mass is 10.1. The first-order chi connectivity index (χ1) is 12.8. The minimum absolute atomic E-state index is 0.0162. The van der Waals surface area contributed by atoms with Crippen molar-refractivity contribution in [3.8, 4) is 0 Å². The minimum Gasteiger partial charge on any atom is -0.325 e. The van der Waals surface area contributed by atoms with Gasteiger partial charge in [0.15, 0.2) is 10.1 Å². The number of thiazole rings is 1. The molecule has 0 bridgehead atoms. The third kappa shape index (κ3) is 4.50. The zero-order chi connectivity index (χ0) is 19.6. The molecule has 0 saturated heterocycles. The van der Waals surface area contributed by atoms with Crippen LogP contribution in [-0.4, -0.2) is 26.8 Å². The van der Waals surface area contributed by atoms with Crippen molar-refractivity contribution in [2.75, 3.05) is 5.32 Å². The highest BCUT2D eigenvalue weighted by molar-refractivity contribution is 8.02. The van der Waals surface area contributed by atoms with Gasteiger partial charge in [-0.2, -0.15) is 0 Å². The molecule has 0 unspecified atom stereocenters. The summed E-state index contributed by atoms with van der Waals surface area (Å²) in [5, 5.41) is 13.3. The van der Waals surface area contributed by atoms with E-state index in [1.165, 1.54) is 42.2 Å². The Bertz CT molecular complexity index is 1030. The number of non-ortho nitro benzene ring substituents is 1. The summed E-state index contributed by atoms with van der Waals surface area (Å²) >= 11 is 2.61. The van der Waals surface area contributed by atoms with Gasteiger partial charge < -0.3 is 5.32 Å². The molecule has 1 amide bonds. The molecule has 9 heteroatoms. The van der Waals surface area contributed by atoms with Crippen molar-refractivity contribution in [1.82, 2.24) is 4.98 Å². The topological polar surface area (TPSA) is 102 Å². The van der Waals surface area contributed by atoms with Crippen molar-refractivity contribution in [3.63, 3.8) is 0 Å². The van der Waals surface area contributed by atoms with Crippen molar-refractivity contribution in [2.24, 2.45) is 0 Å². The van der Waals surface area contributed by atoms with Gasteiger partial charge >= 0.3 is 0 Å². The summed E-state index contributed by atoms with van der Waals surface area (Å²) in [4.78, 5) is 38.5. The quantitative estimate of drug-likeness (QED) is 0.282. The number of amides is 1. The molecule has 138 valence electrons. The molecule has 3 aromatic rings. The van der Waals surface area contributed by atoms with Crippen LogP contribution in [0.2, 0.25) is 0 Å². The van der Waals surface area contributed by atoms with Crippen LogP contribution >= 0.6 is 23.1 Å². The van der Waals surface area contributed by atoms with E-state index in [1.54, 1.807) is 37.3 Å². The number of nitrogens with one attached hydrogen (secondary N) is 1. The summed E-state index contributed by atoms with van der Waals surface area (Å²) in [6.45, 7) is 3.25. The molecule has 1 N–H and O–H groups in total. The SMILES string of the molecule is CC(=O)c1ccc(NC(=O)[C@H](C)Sc2nc3ccc([N+](=O)[O-])cc3s2)cc1. The Hall–Kier alpha value is -2.78. The number of rotatable bonds is 6. The number of carbonyl (C=O) groups is 2. The van der Waals surface area contributed by atoms with Gasteiger partial charge in [0.1, 0.15) is 0 Å². The van der Waals surface area contributed by atoms with E-state index in [4.69, 9.17) is 0 Å². The summed E-state index contributed by atoms with van der Waals surface area (Å²) in [7, 11) is 0. The number of aromatic nitrogens is 1. The van der Waals surface area contributed by atoms with E-state index in [9.17, 15) is 19.7 Å². The third-order valence-electron chi connectivity index (χ3n) is 3.77. The predicted molar refractivity (Wildman–Crippen MR) is 107 cm³/mol. The molecule has 3 rings (SSSR count). The summed E-state index contributed by atoms with van der Waals surface area (Å²) in [5.41, 5.74) is 1.87. The summed E-state index contributed by atoms with van der Waals surface area (Å²) in [5.74, 6) is -0.228. The van der Waals surface area contributed by atoms with Crippen LogP contribution in [0.15, 0.2) is 46.8 Å². The van der Waals surface area contributed by atoms with Crippen LogP contribution < -0.4 is 5.32 Å². The number of anilines is 1. The normalized spacial score (nSPS) is 11.9. The Morgan fingerprint density at radius 3 is 2.56 bits per heavy atom. The zero-order valence-electron chi connectivity index (χ0n) is 14.5. The number of hydrogen-bond donors (Lipinski definition) is 1. The van der Waals surface area contributed by atoms with Crippen molar-refractivity contribution in [2.45, 2.75) is 23.4 Å². The van der Waals surface area contributed by atoms with E-state index >= 15 is 0 Å². The van der Waals surface area contributed by atoms with Crippen molar-refractivity contribution in [1.29, 1.82) is 0 Å². The highest BCUT2D eigenvalue weighted by Gasteiger charge is 2.18. The number of nitrogens with zero attached hydrogens (tertiary/aromatic N) is 2. The Morgan fingerprint density at radius 2 is 1.93 bits per heavy atom. The van der Waals surface area contributed by atoms with Crippen molar-refractivity contribution < 1.29 is 14.5 Å². The van der Waals surface area contributed by atoms with Gasteiger partial charge in [-0.3, -0.25) is 19.7 Å². The largest absolute Gasteiger partial charge is 0.325 e. The fourth-order valence-corrected chi connectivity index (χ4v) is 4.54. The summed E-state index contributed by atoms with van der Waals surface area (Å²) < 4.78 is 1.37. The number of thioether (sulfide) groups is 1. The average Bonchev–Trinajstić information content (AvgIpc) is 3.03. The predicted octanol–water partition coefficient (Wildman–Crippen LogP) is 4.53. The number of fused-ring (bicyclic) bond motifs is 1. The standard InChI is InChI=1S/C18H15N3O4S2/c1-10(22)12-3-5-13(6-4-12)19-17(23)11(2)26-18-20-15-8-7-14(21(24)25)9-16(15)27-18/h3-9,11H,1-2H3,(H,19,23)/t11-/m0/s1. The first-order valence-corrected chi connectivity index (χ1v) is 9.66. The number of nitro groups is 1. The summed E-state index contributed by atoms with van der Waals surface area (Å²) in [6.07, 6.45) is 0. The van der Waals surface area contributed by atoms with Gasteiger partial charge in [-0.1, -0.05) is 11.8 Å². The first kappa shape index (κ1) is 19.0. The van der Waals surface area contributed by atoms with Gasteiger partial charge in [0.25, 0.3) is 5.69 Å². The first-order valence-electron chi connectivity index (χ1n) is 7.97. The molecule has 1 aromatic heterocycles. The second-order valence-corrected chi connectivity index (χ2v) is 8.39. The number of carbonyl (C=O) groups excluding carboxylic acids is 2.